The number of hydrogen-bond acceptors (Lipinski definition) is 3. The van der Waals surface area contributed by atoms with Crippen LogP contribution in [0.3, 0.4) is 0 Å². The van der Waals surface area contributed by atoms with Gasteiger partial charge in [-0.1, -0.05) is 26.7 Å². The Hall–Kier alpha value is -0.130. The molecule has 4 nitrogen and oxygen atoms in total. The fraction of sp³-hybridized carbons (Fsp3) is 1.00. The average Bonchev–Trinajstić information content (AvgIpc) is 2.68. The molecule has 0 aliphatic heterocycles. The molecular weight excluding hydrogens is 236 g/mol. The molecule has 2 N–H and O–H groups in total. The van der Waals surface area contributed by atoms with Crippen LogP contribution in [0.4, 0.5) is 0 Å². The summed E-state index contributed by atoms with van der Waals surface area (Å²) in [6.45, 7) is 6.54. The fourth-order valence-corrected chi connectivity index (χ4v) is 3.64. The molecule has 1 aliphatic carbocycles. The molecule has 1 saturated carbocycles. The topological polar surface area (TPSA) is 58.2 Å². The molecule has 0 amide bonds. The first-order chi connectivity index (χ1) is 7.91. The van der Waals surface area contributed by atoms with Crippen molar-refractivity contribution >= 4 is 10.0 Å². The molecule has 1 aliphatic rings. The van der Waals surface area contributed by atoms with Crippen molar-refractivity contribution in [1.29, 1.82) is 0 Å². The van der Waals surface area contributed by atoms with Crippen molar-refractivity contribution in [1.82, 2.24) is 10.0 Å². The third kappa shape index (κ3) is 5.84. The smallest absolute Gasteiger partial charge is 0.213 e. The van der Waals surface area contributed by atoms with E-state index in [2.05, 4.69) is 10.0 Å². The minimum absolute atomic E-state index is 0.0848. The number of hydrogen-bond donors (Lipinski definition) is 2. The van der Waals surface area contributed by atoms with E-state index >= 15 is 0 Å². The van der Waals surface area contributed by atoms with Crippen LogP contribution in [0.15, 0.2) is 0 Å². The first kappa shape index (κ1) is 14.9. The lowest BCUT2D eigenvalue weighted by Crippen LogP contribution is -2.41. The summed E-state index contributed by atoms with van der Waals surface area (Å²) < 4.78 is 26.5. The Kier molecular flexibility index (Phi) is 5.89. The molecule has 1 rings (SSSR count). The van der Waals surface area contributed by atoms with Crippen LogP contribution in [0.25, 0.3) is 0 Å². The Morgan fingerprint density at radius 3 is 2.29 bits per heavy atom. The quantitative estimate of drug-likeness (QED) is 0.731. The van der Waals surface area contributed by atoms with Crippen molar-refractivity contribution in [3.05, 3.63) is 0 Å². The van der Waals surface area contributed by atoms with Gasteiger partial charge in [-0.2, -0.15) is 0 Å². The monoisotopic (exact) mass is 262 g/mol. The van der Waals surface area contributed by atoms with E-state index in [1.807, 2.05) is 20.8 Å². The van der Waals surface area contributed by atoms with Gasteiger partial charge < -0.3 is 5.32 Å². The standard InChI is InChI=1S/C12H26N2O2S/c1-10(2)13-8-9-17(15,16)14-11(3)12-6-4-5-7-12/h10-14H,4-9H2,1-3H3. The minimum atomic E-state index is -3.13. The molecule has 0 aromatic heterocycles. The Morgan fingerprint density at radius 1 is 1.18 bits per heavy atom. The van der Waals surface area contributed by atoms with Crippen LogP contribution in [0.1, 0.15) is 46.5 Å². The largest absolute Gasteiger partial charge is 0.313 e. The molecule has 1 fully saturated rings. The molecular formula is C12H26N2O2S. The first-order valence-electron chi connectivity index (χ1n) is 6.64. The number of nitrogens with one attached hydrogen (secondary N) is 2. The van der Waals surface area contributed by atoms with Gasteiger partial charge in [0.25, 0.3) is 0 Å². The van der Waals surface area contributed by atoms with Crippen molar-refractivity contribution in [2.24, 2.45) is 5.92 Å². The second kappa shape index (κ2) is 6.71. The van der Waals surface area contributed by atoms with Crippen LogP contribution < -0.4 is 10.0 Å². The van der Waals surface area contributed by atoms with E-state index in [0.29, 0.717) is 18.5 Å². The first-order valence-corrected chi connectivity index (χ1v) is 8.29. The minimum Gasteiger partial charge on any atom is -0.313 e. The molecule has 1 unspecified atom stereocenters. The van der Waals surface area contributed by atoms with Crippen LogP contribution in [-0.4, -0.2) is 32.8 Å². The van der Waals surface area contributed by atoms with E-state index in [0.717, 1.165) is 12.8 Å². The van der Waals surface area contributed by atoms with E-state index in [9.17, 15) is 8.42 Å². The molecule has 0 aromatic carbocycles. The predicted octanol–water partition coefficient (Wildman–Crippen LogP) is 1.48. The van der Waals surface area contributed by atoms with Gasteiger partial charge >= 0.3 is 0 Å². The zero-order chi connectivity index (χ0) is 12.9. The summed E-state index contributed by atoms with van der Waals surface area (Å²) in [5, 5.41) is 3.13. The lowest BCUT2D eigenvalue weighted by atomic mass is 10.0. The van der Waals surface area contributed by atoms with E-state index in [1.54, 1.807) is 0 Å². The maximum atomic E-state index is 11.8. The van der Waals surface area contributed by atoms with Gasteiger partial charge in [0.2, 0.25) is 10.0 Å². The zero-order valence-electron chi connectivity index (χ0n) is 11.2. The van der Waals surface area contributed by atoms with Crippen molar-refractivity contribution < 1.29 is 8.42 Å². The normalized spacial score (nSPS) is 20.0. The molecule has 0 spiro atoms. The molecule has 0 saturated heterocycles. The molecule has 0 heterocycles. The molecule has 17 heavy (non-hydrogen) atoms. The van der Waals surface area contributed by atoms with E-state index in [4.69, 9.17) is 0 Å². The molecule has 1 atom stereocenters. The summed E-state index contributed by atoms with van der Waals surface area (Å²) in [6, 6.07) is 0.416. The highest BCUT2D eigenvalue weighted by Crippen LogP contribution is 2.27. The summed E-state index contributed by atoms with van der Waals surface area (Å²) in [4.78, 5) is 0. The van der Waals surface area contributed by atoms with Gasteiger partial charge in [0.1, 0.15) is 0 Å². The summed E-state index contributed by atoms with van der Waals surface area (Å²) >= 11 is 0. The maximum absolute atomic E-state index is 11.8. The number of rotatable bonds is 7. The van der Waals surface area contributed by atoms with E-state index in [1.165, 1.54) is 12.8 Å². The average molecular weight is 262 g/mol. The SMILES string of the molecule is CC(C)NCCS(=O)(=O)NC(C)C1CCCC1. The predicted molar refractivity (Wildman–Crippen MR) is 71.5 cm³/mol. The van der Waals surface area contributed by atoms with Gasteiger partial charge in [-0.15, -0.1) is 0 Å². The second-order valence-corrected chi connectivity index (χ2v) is 7.25. The van der Waals surface area contributed by atoms with Gasteiger partial charge in [-0.05, 0) is 25.7 Å². The van der Waals surface area contributed by atoms with Crippen molar-refractivity contribution in [3.63, 3.8) is 0 Å². The van der Waals surface area contributed by atoms with Crippen molar-refractivity contribution in [3.8, 4) is 0 Å². The zero-order valence-corrected chi connectivity index (χ0v) is 12.0. The second-order valence-electron chi connectivity index (χ2n) is 5.38. The number of sulfonamides is 1. The fourth-order valence-electron chi connectivity index (χ4n) is 2.38. The van der Waals surface area contributed by atoms with Crippen LogP contribution in [0, 0.1) is 5.92 Å². The summed E-state index contributed by atoms with van der Waals surface area (Å²) in [7, 11) is -3.13. The Bertz CT molecular complexity index is 308. The lowest BCUT2D eigenvalue weighted by molar-refractivity contribution is 0.423. The van der Waals surface area contributed by atoms with Gasteiger partial charge in [-0.25, -0.2) is 13.1 Å². The summed E-state index contributed by atoms with van der Waals surface area (Å²) in [6.07, 6.45) is 4.80. The van der Waals surface area contributed by atoms with Gasteiger partial charge in [0.05, 0.1) is 5.75 Å². The van der Waals surface area contributed by atoms with E-state index in [-0.39, 0.29) is 11.8 Å². The highest BCUT2D eigenvalue weighted by molar-refractivity contribution is 7.89. The van der Waals surface area contributed by atoms with Crippen molar-refractivity contribution in [2.75, 3.05) is 12.3 Å². The molecule has 0 bridgehead atoms. The molecule has 5 heteroatoms. The maximum Gasteiger partial charge on any atom is 0.213 e. The van der Waals surface area contributed by atoms with Crippen LogP contribution >= 0.6 is 0 Å². The van der Waals surface area contributed by atoms with Crippen LogP contribution in [-0.2, 0) is 10.0 Å². The van der Waals surface area contributed by atoms with Crippen LogP contribution in [0.2, 0.25) is 0 Å². The molecule has 0 radical (unpaired) electrons. The van der Waals surface area contributed by atoms with Crippen LogP contribution in [0.5, 0.6) is 0 Å². The Morgan fingerprint density at radius 2 is 1.76 bits per heavy atom. The van der Waals surface area contributed by atoms with Gasteiger partial charge in [0.15, 0.2) is 0 Å². The highest BCUT2D eigenvalue weighted by atomic mass is 32.2. The van der Waals surface area contributed by atoms with Crippen molar-refractivity contribution in [2.45, 2.75) is 58.5 Å². The molecule has 0 aromatic rings. The lowest BCUT2D eigenvalue weighted by Gasteiger charge is -2.20. The summed E-state index contributed by atoms with van der Waals surface area (Å²) in [5.41, 5.74) is 0. The summed E-state index contributed by atoms with van der Waals surface area (Å²) in [5.74, 6) is 0.699. The Labute approximate surface area is 106 Å². The van der Waals surface area contributed by atoms with Gasteiger partial charge in [0, 0.05) is 18.6 Å². The molecule has 102 valence electrons. The highest BCUT2D eigenvalue weighted by Gasteiger charge is 2.24. The third-order valence-corrected chi connectivity index (χ3v) is 4.87. The van der Waals surface area contributed by atoms with E-state index < -0.39 is 10.0 Å². The van der Waals surface area contributed by atoms with Gasteiger partial charge in [-0.3, -0.25) is 0 Å². The Balaban J connectivity index is 2.32. The third-order valence-electron chi connectivity index (χ3n) is 3.40.